The van der Waals surface area contributed by atoms with Gasteiger partial charge in [-0.25, -0.2) is 4.98 Å². The van der Waals surface area contributed by atoms with Gasteiger partial charge in [-0.15, -0.1) is 48.1 Å². The average molecular weight is 908 g/mol. The van der Waals surface area contributed by atoms with Gasteiger partial charge in [0.2, 0.25) is 0 Å². The zero-order valence-corrected chi connectivity index (χ0v) is 34.4. The van der Waals surface area contributed by atoms with Gasteiger partial charge in [0, 0.05) is 55.5 Å². The minimum absolute atomic E-state index is 0. The summed E-state index contributed by atoms with van der Waals surface area (Å²) >= 11 is 0. The van der Waals surface area contributed by atoms with E-state index in [2.05, 4.69) is 224 Å². The maximum atomic E-state index is 4.91. The maximum Gasteiger partial charge on any atom is 0.135 e. The molecule has 8 aromatic rings. The molecule has 0 saturated heterocycles. The van der Waals surface area contributed by atoms with Crippen molar-refractivity contribution in [3.63, 3.8) is 0 Å². The van der Waals surface area contributed by atoms with Crippen molar-refractivity contribution in [2.75, 3.05) is 14.7 Å². The summed E-state index contributed by atoms with van der Waals surface area (Å²) in [5.74, 6) is 0.882. The molecule has 0 bridgehead atoms. The molecule has 0 N–H and O–H groups in total. The number of hydrogen-bond acceptors (Lipinski definition) is 4. The second kappa shape index (κ2) is 15.0. The predicted octanol–water partition coefficient (Wildman–Crippen LogP) is 12.9. The molecular formula is C50H42N5Pt-3. The van der Waals surface area contributed by atoms with E-state index in [1.807, 2.05) is 6.20 Å². The van der Waals surface area contributed by atoms with Crippen LogP contribution in [0, 0.1) is 18.8 Å². The van der Waals surface area contributed by atoms with Crippen LogP contribution in [0.4, 0.5) is 28.4 Å². The second-order valence-electron chi connectivity index (χ2n) is 15.1. The fourth-order valence-electron chi connectivity index (χ4n) is 7.56. The Kier molecular flexibility index (Phi) is 9.90. The molecule has 3 heterocycles. The average Bonchev–Trinajstić information content (AvgIpc) is 3.71. The van der Waals surface area contributed by atoms with Crippen LogP contribution in [0.15, 0.2) is 169 Å². The van der Waals surface area contributed by atoms with Crippen molar-refractivity contribution in [2.45, 2.75) is 40.0 Å². The Labute approximate surface area is 344 Å². The third kappa shape index (κ3) is 6.71. The van der Waals surface area contributed by atoms with Gasteiger partial charge in [-0.3, -0.25) is 0 Å². The van der Waals surface area contributed by atoms with E-state index >= 15 is 0 Å². The second-order valence-corrected chi connectivity index (χ2v) is 15.1. The van der Waals surface area contributed by atoms with Gasteiger partial charge in [-0.2, -0.15) is 12.1 Å². The molecule has 0 spiro atoms. The first kappa shape index (κ1) is 37.0. The Hall–Kier alpha value is -5.90. The molecule has 6 aromatic carbocycles. The third-order valence-electron chi connectivity index (χ3n) is 10.6. The SMILES string of the molecule is CC1=C(C)N(c2cccc(-c3ccccc3)c2)[CH-]N1c1[c-]c(N(c2[c-]c3c(cc2)c2ccccc2n3-c2cc(C(C)(C)C)ccn2)c2ccccc2)ccc1.[Pt]. The monoisotopic (exact) mass is 907 g/mol. The number of rotatable bonds is 7. The van der Waals surface area contributed by atoms with Gasteiger partial charge in [0.15, 0.2) is 0 Å². The molecule has 0 unspecified atom stereocenters. The van der Waals surface area contributed by atoms with Crippen molar-refractivity contribution in [3.8, 4) is 16.9 Å². The summed E-state index contributed by atoms with van der Waals surface area (Å²) in [6.45, 7) is 13.2. The van der Waals surface area contributed by atoms with Crippen LogP contribution in [-0.2, 0) is 26.5 Å². The molecule has 2 aromatic heterocycles. The number of para-hydroxylation sites is 2. The number of nitrogens with zero attached hydrogens (tertiary/aromatic N) is 5. The normalized spacial score (nSPS) is 13.1. The van der Waals surface area contributed by atoms with Gasteiger partial charge < -0.3 is 19.3 Å². The molecule has 0 atom stereocenters. The zero-order valence-electron chi connectivity index (χ0n) is 32.1. The molecule has 0 saturated carbocycles. The molecule has 1 aliphatic rings. The van der Waals surface area contributed by atoms with Crippen molar-refractivity contribution in [1.29, 1.82) is 0 Å². The number of benzene rings is 6. The Balaban J connectivity index is 0.00000441. The van der Waals surface area contributed by atoms with Gasteiger partial charge in [0.25, 0.3) is 0 Å². The van der Waals surface area contributed by atoms with E-state index < -0.39 is 0 Å². The van der Waals surface area contributed by atoms with Gasteiger partial charge in [-0.1, -0.05) is 117 Å². The van der Waals surface area contributed by atoms with Crippen LogP contribution in [0.5, 0.6) is 0 Å². The van der Waals surface area contributed by atoms with Gasteiger partial charge in [0.05, 0.1) is 0 Å². The fraction of sp³-hybridized carbons (Fsp3) is 0.120. The molecule has 56 heavy (non-hydrogen) atoms. The van der Waals surface area contributed by atoms with E-state index in [4.69, 9.17) is 4.98 Å². The van der Waals surface area contributed by atoms with Crippen molar-refractivity contribution in [2.24, 2.45) is 0 Å². The standard InChI is InChI=1S/C50H42N5.Pt/c1-35-36(2)53(34-52(35)41-21-14-18-38(30-41)37-16-8-6-9-17-37)42-22-15-23-43(32-42)54(40-19-10-7-11-20-40)44-26-27-46-45-24-12-13-25-47(45)55(48(46)33-44)49-31-39(28-29-51-49)50(3,4)5;/h6-31,34H,1-5H3;/q-3;. The number of fused-ring (bicyclic) bond motifs is 3. The number of pyridine rings is 1. The Morgan fingerprint density at radius 3 is 2.07 bits per heavy atom. The number of aromatic nitrogens is 2. The van der Waals surface area contributed by atoms with E-state index in [-0.39, 0.29) is 26.5 Å². The summed E-state index contributed by atoms with van der Waals surface area (Å²) in [6, 6.07) is 61.1. The summed E-state index contributed by atoms with van der Waals surface area (Å²) in [6.07, 6.45) is 1.92. The largest absolute Gasteiger partial charge is 0.497 e. The number of hydrogen-bond donors (Lipinski definition) is 0. The molecule has 0 fully saturated rings. The van der Waals surface area contributed by atoms with Crippen LogP contribution in [0.1, 0.15) is 40.2 Å². The van der Waals surface area contributed by atoms with E-state index in [9.17, 15) is 0 Å². The molecule has 0 aliphatic carbocycles. The molecule has 0 amide bonds. The quantitative estimate of drug-likeness (QED) is 0.149. The molecule has 0 radical (unpaired) electrons. The molecule has 6 heteroatoms. The van der Waals surface area contributed by atoms with Gasteiger partial charge >= 0.3 is 0 Å². The fourth-order valence-corrected chi connectivity index (χ4v) is 7.56. The van der Waals surface area contributed by atoms with Gasteiger partial charge in [0.1, 0.15) is 5.82 Å². The maximum absolute atomic E-state index is 4.91. The smallest absolute Gasteiger partial charge is 0.135 e. The topological polar surface area (TPSA) is 27.5 Å². The summed E-state index contributed by atoms with van der Waals surface area (Å²) in [7, 11) is 0. The summed E-state index contributed by atoms with van der Waals surface area (Å²) in [4.78, 5) is 11.6. The molecule has 1 aliphatic heterocycles. The first-order valence-corrected chi connectivity index (χ1v) is 18.8. The molecular weight excluding hydrogens is 866 g/mol. The first-order valence-electron chi connectivity index (χ1n) is 18.8. The van der Waals surface area contributed by atoms with Crippen LogP contribution in [0.2, 0.25) is 0 Å². The zero-order chi connectivity index (χ0) is 37.7. The van der Waals surface area contributed by atoms with E-state index in [0.717, 1.165) is 56.4 Å². The van der Waals surface area contributed by atoms with Gasteiger partial charge in [-0.05, 0) is 83.8 Å². The molecule has 5 nitrogen and oxygen atoms in total. The van der Waals surface area contributed by atoms with E-state index in [1.54, 1.807) is 0 Å². The Bertz CT molecular complexity index is 2710. The first-order chi connectivity index (χ1) is 26.7. The molecule has 9 rings (SSSR count). The van der Waals surface area contributed by atoms with Crippen LogP contribution < -0.4 is 14.7 Å². The van der Waals surface area contributed by atoms with Crippen molar-refractivity contribution < 1.29 is 21.1 Å². The van der Waals surface area contributed by atoms with Crippen LogP contribution in [0.3, 0.4) is 0 Å². The van der Waals surface area contributed by atoms with Crippen molar-refractivity contribution in [1.82, 2.24) is 9.55 Å². The van der Waals surface area contributed by atoms with E-state index in [1.165, 1.54) is 27.8 Å². The predicted molar refractivity (Wildman–Crippen MR) is 229 cm³/mol. The third-order valence-corrected chi connectivity index (χ3v) is 10.6. The van der Waals surface area contributed by atoms with Crippen LogP contribution in [0.25, 0.3) is 38.8 Å². The minimum atomic E-state index is -0.0155. The number of allylic oxidation sites excluding steroid dienone is 2. The summed E-state index contributed by atoms with van der Waals surface area (Å²) < 4.78 is 2.25. The van der Waals surface area contributed by atoms with Crippen LogP contribution >= 0.6 is 0 Å². The van der Waals surface area contributed by atoms with Crippen LogP contribution in [-0.4, -0.2) is 9.55 Å². The minimum Gasteiger partial charge on any atom is -0.497 e. The summed E-state index contributed by atoms with van der Waals surface area (Å²) in [5, 5.41) is 2.30. The summed E-state index contributed by atoms with van der Waals surface area (Å²) in [5.41, 5.74) is 12.9. The Morgan fingerprint density at radius 1 is 0.607 bits per heavy atom. The molecule has 280 valence electrons. The number of anilines is 5. The Morgan fingerprint density at radius 2 is 1.29 bits per heavy atom. The van der Waals surface area contributed by atoms with Crippen molar-refractivity contribution >= 4 is 50.2 Å². The van der Waals surface area contributed by atoms with Crippen molar-refractivity contribution in [3.05, 3.63) is 194 Å². The van der Waals surface area contributed by atoms with E-state index in [0.29, 0.717) is 0 Å².